The number of aromatic nitrogens is 2. The summed E-state index contributed by atoms with van der Waals surface area (Å²) in [4.78, 5) is 4.72. The molecule has 0 bridgehead atoms. The zero-order valence-electron chi connectivity index (χ0n) is 11.1. The number of benzene rings is 1. The topological polar surface area (TPSA) is 43.8 Å². The molecule has 17 heavy (non-hydrogen) atoms. The molecule has 3 nitrogen and oxygen atoms in total. The minimum atomic E-state index is -0.358. The predicted octanol–water partition coefficient (Wildman–Crippen LogP) is 2.95. The van der Waals surface area contributed by atoms with Crippen LogP contribution in [0.4, 0.5) is 0 Å². The van der Waals surface area contributed by atoms with Crippen LogP contribution in [0.1, 0.15) is 38.6 Å². The van der Waals surface area contributed by atoms with Gasteiger partial charge in [0, 0.05) is 6.54 Å². The summed E-state index contributed by atoms with van der Waals surface area (Å²) in [5.74, 6) is 0.989. The maximum Gasteiger partial charge on any atom is 0.129 e. The fraction of sp³-hybridized carbons (Fsp3) is 0.500. The fourth-order valence-corrected chi connectivity index (χ4v) is 2.15. The van der Waals surface area contributed by atoms with E-state index in [0.29, 0.717) is 0 Å². The van der Waals surface area contributed by atoms with E-state index in [0.717, 1.165) is 24.3 Å². The highest BCUT2D eigenvalue weighted by atomic mass is 15.1. The van der Waals surface area contributed by atoms with Crippen molar-refractivity contribution in [2.75, 3.05) is 0 Å². The lowest BCUT2D eigenvalue weighted by Crippen LogP contribution is -2.35. The van der Waals surface area contributed by atoms with Crippen molar-refractivity contribution in [3.05, 3.63) is 29.6 Å². The van der Waals surface area contributed by atoms with Gasteiger partial charge in [0.2, 0.25) is 0 Å². The van der Waals surface area contributed by atoms with Crippen molar-refractivity contribution >= 4 is 11.0 Å². The Morgan fingerprint density at radius 3 is 2.65 bits per heavy atom. The van der Waals surface area contributed by atoms with Gasteiger partial charge in [-0.2, -0.15) is 0 Å². The average Bonchev–Trinajstić information content (AvgIpc) is 2.67. The van der Waals surface area contributed by atoms with E-state index in [1.54, 1.807) is 0 Å². The Hall–Kier alpha value is -1.35. The summed E-state index contributed by atoms with van der Waals surface area (Å²) in [5.41, 5.74) is 9.44. The number of nitrogens with two attached hydrogens (primary N) is 1. The van der Waals surface area contributed by atoms with Crippen LogP contribution in [-0.2, 0) is 12.1 Å². The first-order valence-corrected chi connectivity index (χ1v) is 6.26. The highest BCUT2D eigenvalue weighted by Crippen LogP contribution is 2.26. The molecule has 0 saturated carbocycles. The van der Waals surface area contributed by atoms with Crippen molar-refractivity contribution in [2.24, 2.45) is 5.73 Å². The Kier molecular flexibility index (Phi) is 2.96. The van der Waals surface area contributed by atoms with Gasteiger partial charge in [0.15, 0.2) is 0 Å². The molecule has 2 N–H and O–H groups in total. The molecule has 0 aliphatic heterocycles. The maximum absolute atomic E-state index is 6.33. The van der Waals surface area contributed by atoms with Crippen molar-refractivity contribution < 1.29 is 0 Å². The summed E-state index contributed by atoms with van der Waals surface area (Å²) in [5, 5.41) is 0. The highest BCUT2D eigenvalue weighted by Gasteiger charge is 2.25. The molecule has 0 radical (unpaired) electrons. The third kappa shape index (κ3) is 1.95. The summed E-state index contributed by atoms with van der Waals surface area (Å²) in [7, 11) is 0. The molecule has 2 aromatic rings. The molecule has 1 atom stereocenters. The first kappa shape index (κ1) is 12.1. The Balaban J connectivity index is 2.72. The van der Waals surface area contributed by atoms with E-state index >= 15 is 0 Å². The van der Waals surface area contributed by atoms with E-state index in [1.165, 1.54) is 11.1 Å². The molecule has 3 heteroatoms. The molecule has 1 aromatic carbocycles. The second kappa shape index (κ2) is 4.15. The first-order chi connectivity index (χ1) is 7.99. The molecule has 1 unspecified atom stereocenters. The lowest BCUT2D eigenvalue weighted by atomic mass is 9.99. The molecule has 0 fully saturated rings. The molecule has 1 aromatic heterocycles. The van der Waals surface area contributed by atoms with Gasteiger partial charge in [-0.15, -0.1) is 0 Å². The van der Waals surface area contributed by atoms with Gasteiger partial charge in [-0.3, -0.25) is 0 Å². The maximum atomic E-state index is 6.33. The van der Waals surface area contributed by atoms with Crippen molar-refractivity contribution in [3.63, 3.8) is 0 Å². The van der Waals surface area contributed by atoms with Crippen molar-refractivity contribution in [1.82, 2.24) is 9.55 Å². The Bertz CT molecular complexity index is 538. The van der Waals surface area contributed by atoms with E-state index in [9.17, 15) is 0 Å². The van der Waals surface area contributed by atoms with Crippen LogP contribution in [0.3, 0.4) is 0 Å². The number of fused-ring (bicyclic) bond motifs is 1. The highest BCUT2D eigenvalue weighted by molar-refractivity contribution is 5.77. The van der Waals surface area contributed by atoms with Crippen LogP contribution in [-0.4, -0.2) is 9.55 Å². The van der Waals surface area contributed by atoms with Gasteiger partial charge in [-0.25, -0.2) is 4.98 Å². The zero-order valence-corrected chi connectivity index (χ0v) is 11.1. The molecule has 0 amide bonds. The molecular formula is C14H21N3. The lowest BCUT2D eigenvalue weighted by molar-refractivity contribution is 0.426. The number of hydrogen-bond acceptors (Lipinski definition) is 2. The van der Waals surface area contributed by atoms with Crippen LogP contribution in [0.2, 0.25) is 0 Å². The lowest BCUT2D eigenvalue weighted by Gasteiger charge is -2.23. The molecule has 0 aliphatic carbocycles. The first-order valence-electron chi connectivity index (χ1n) is 6.26. The van der Waals surface area contributed by atoms with Crippen LogP contribution in [0.25, 0.3) is 11.0 Å². The van der Waals surface area contributed by atoms with Gasteiger partial charge in [0.05, 0.1) is 16.6 Å². The zero-order chi connectivity index (χ0) is 12.6. The second-order valence-corrected chi connectivity index (χ2v) is 4.94. The Labute approximate surface area is 103 Å². The standard InChI is InChI=1S/C14H21N3/c1-5-14(4,15)13-16-11-9-10(3)7-8-12(11)17(13)6-2/h7-9H,5-6,15H2,1-4H3. The van der Waals surface area contributed by atoms with E-state index in [2.05, 4.69) is 43.5 Å². The summed E-state index contributed by atoms with van der Waals surface area (Å²) >= 11 is 0. The molecule has 0 saturated heterocycles. The summed E-state index contributed by atoms with van der Waals surface area (Å²) in [6.45, 7) is 9.28. The SMILES string of the molecule is CCn1c(C(C)(N)CC)nc2cc(C)ccc21. The molecule has 0 spiro atoms. The summed E-state index contributed by atoms with van der Waals surface area (Å²) < 4.78 is 2.22. The second-order valence-electron chi connectivity index (χ2n) is 4.94. The van der Waals surface area contributed by atoms with Crippen molar-refractivity contribution in [3.8, 4) is 0 Å². The number of rotatable bonds is 3. The largest absolute Gasteiger partial charge is 0.327 e. The van der Waals surface area contributed by atoms with Crippen molar-refractivity contribution in [2.45, 2.75) is 46.2 Å². The van der Waals surface area contributed by atoms with Crippen LogP contribution in [0.5, 0.6) is 0 Å². The molecule has 0 aliphatic rings. The van der Waals surface area contributed by atoms with Gasteiger partial charge in [-0.05, 0) is 44.9 Å². The Morgan fingerprint density at radius 1 is 1.35 bits per heavy atom. The fourth-order valence-electron chi connectivity index (χ4n) is 2.15. The molecule has 1 heterocycles. The van der Waals surface area contributed by atoms with E-state index in [4.69, 9.17) is 10.7 Å². The summed E-state index contributed by atoms with van der Waals surface area (Å²) in [6.07, 6.45) is 0.884. The Morgan fingerprint density at radius 2 is 2.06 bits per heavy atom. The van der Waals surface area contributed by atoms with Gasteiger partial charge in [0.25, 0.3) is 0 Å². The monoisotopic (exact) mass is 231 g/mol. The summed E-state index contributed by atoms with van der Waals surface area (Å²) in [6, 6.07) is 6.38. The number of nitrogens with zero attached hydrogens (tertiary/aromatic N) is 2. The van der Waals surface area contributed by atoms with Crippen LogP contribution >= 0.6 is 0 Å². The average molecular weight is 231 g/mol. The quantitative estimate of drug-likeness (QED) is 0.882. The minimum Gasteiger partial charge on any atom is -0.327 e. The van der Waals surface area contributed by atoms with E-state index in [1.807, 2.05) is 6.92 Å². The van der Waals surface area contributed by atoms with Gasteiger partial charge in [0.1, 0.15) is 5.82 Å². The smallest absolute Gasteiger partial charge is 0.129 e. The molecule has 92 valence electrons. The van der Waals surface area contributed by atoms with Gasteiger partial charge < -0.3 is 10.3 Å². The van der Waals surface area contributed by atoms with Crippen LogP contribution in [0, 0.1) is 6.92 Å². The molecular weight excluding hydrogens is 210 g/mol. The van der Waals surface area contributed by atoms with Crippen molar-refractivity contribution in [1.29, 1.82) is 0 Å². The molecule has 2 rings (SSSR count). The number of aryl methyl sites for hydroxylation is 2. The van der Waals surface area contributed by atoms with Gasteiger partial charge in [-0.1, -0.05) is 13.0 Å². The third-order valence-corrected chi connectivity index (χ3v) is 3.47. The normalized spacial score (nSPS) is 15.1. The number of hydrogen-bond donors (Lipinski definition) is 1. The predicted molar refractivity (Wildman–Crippen MR) is 72.0 cm³/mol. The van der Waals surface area contributed by atoms with E-state index < -0.39 is 0 Å². The van der Waals surface area contributed by atoms with Crippen LogP contribution in [0.15, 0.2) is 18.2 Å². The van der Waals surface area contributed by atoms with Gasteiger partial charge >= 0.3 is 0 Å². The van der Waals surface area contributed by atoms with E-state index in [-0.39, 0.29) is 5.54 Å². The number of imidazole rings is 1. The minimum absolute atomic E-state index is 0.358. The third-order valence-electron chi connectivity index (χ3n) is 3.47. The van der Waals surface area contributed by atoms with Crippen LogP contribution < -0.4 is 5.73 Å².